The predicted molar refractivity (Wildman–Crippen MR) is 78.3 cm³/mol. The highest BCUT2D eigenvalue weighted by Crippen LogP contribution is 2.28. The molecule has 0 spiro atoms. The van der Waals surface area contributed by atoms with E-state index in [9.17, 15) is 0 Å². The van der Waals surface area contributed by atoms with Crippen molar-refractivity contribution in [3.8, 4) is 0 Å². The van der Waals surface area contributed by atoms with E-state index in [0.717, 1.165) is 29.7 Å². The van der Waals surface area contributed by atoms with E-state index < -0.39 is 0 Å². The van der Waals surface area contributed by atoms with Crippen molar-refractivity contribution in [3.63, 3.8) is 0 Å². The zero-order chi connectivity index (χ0) is 13.0. The maximum Gasteiger partial charge on any atom is 0.0443 e. The van der Waals surface area contributed by atoms with Gasteiger partial charge in [0.1, 0.15) is 0 Å². The fraction of sp³-hybridized carbons (Fsp3) is 0.571. The quantitative estimate of drug-likeness (QED) is 0.794. The summed E-state index contributed by atoms with van der Waals surface area (Å²) in [6.45, 7) is 2.11. The smallest absolute Gasteiger partial charge is 0.0443 e. The average Bonchev–Trinajstić information content (AvgIpc) is 2.27. The molecule has 0 aliphatic heterocycles. The Kier molecular flexibility index (Phi) is 5.03. The molecule has 0 atom stereocenters. The lowest BCUT2D eigenvalue weighted by Crippen LogP contribution is -2.40. The van der Waals surface area contributed by atoms with Crippen LogP contribution in [0.2, 0.25) is 0 Å². The monoisotopic (exact) mass is 312 g/mol. The Morgan fingerprint density at radius 2 is 2.17 bits per heavy atom. The minimum absolute atomic E-state index is 0.263. The van der Waals surface area contributed by atoms with E-state index in [0.29, 0.717) is 6.04 Å². The lowest BCUT2D eigenvalue weighted by Gasteiger charge is -2.37. The molecule has 1 aliphatic carbocycles. The molecule has 0 saturated heterocycles. The topological polar surface area (TPSA) is 49.5 Å². The van der Waals surface area contributed by atoms with Crippen molar-refractivity contribution in [2.75, 3.05) is 18.9 Å². The van der Waals surface area contributed by atoms with Gasteiger partial charge in [0.2, 0.25) is 0 Å². The zero-order valence-corrected chi connectivity index (χ0v) is 12.2. The van der Waals surface area contributed by atoms with Crippen molar-refractivity contribution >= 4 is 21.6 Å². The third-order valence-corrected chi connectivity index (χ3v) is 4.17. The maximum absolute atomic E-state index is 8.99. The van der Waals surface area contributed by atoms with Crippen molar-refractivity contribution in [3.05, 3.63) is 28.2 Å². The molecule has 0 heterocycles. The van der Waals surface area contributed by atoms with Gasteiger partial charge in [-0.1, -0.05) is 28.4 Å². The largest absolute Gasteiger partial charge is 0.398 e. The highest BCUT2D eigenvalue weighted by Gasteiger charge is 2.24. The van der Waals surface area contributed by atoms with Gasteiger partial charge in [-0.25, -0.2) is 0 Å². The Bertz CT molecular complexity index is 393. The number of halogens is 1. The summed E-state index contributed by atoms with van der Waals surface area (Å²) in [5.74, 6) is 0. The summed E-state index contributed by atoms with van der Waals surface area (Å²) < 4.78 is 1.02. The van der Waals surface area contributed by atoms with Crippen LogP contribution in [0.15, 0.2) is 22.7 Å². The number of hydrogen-bond donors (Lipinski definition) is 2. The Morgan fingerprint density at radius 1 is 1.39 bits per heavy atom. The SMILES string of the molecule is Nc1cc(Br)ccc1CN(CCCO)C1CCC1. The Balaban J connectivity index is 2.02. The number of anilines is 1. The summed E-state index contributed by atoms with van der Waals surface area (Å²) in [7, 11) is 0. The van der Waals surface area contributed by atoms with Crippen molar-refractivity contribution in [1.29, 1.82) is 0 Å². The van der Waals surface area contributed by atoms with Crippen LogP contribution < -0.4 is 5.73 Å². The molecule has 1 aliphatic rings. The van der Waals surface area contributed by atoms with Gasteiger partial charge in [-0.15, -0.1) is 0 Å². The molecule has 1 saturated carbocycles. The zero-order valence-electron chi connectivity index (χ0n) is 10.6. The molecule has 4 heteroatoms. The molecule has 1 aromatic carbocycles. The van der Waals surface area contributed by atoms with Gasteiger partial charge in [0, 0.05) is 35.9 Å². The number of nitrogens with zero attached hydrogens (tertiary/aromatic N) is 1. The molecule has 1 aromatic rings. The molecule has 0 unspecified atom stereocenters. The summed E-state index contributed by atoms with van der Waals surface area (Å²) in [6, 6.07) is 6.76. The molecule has 0 bridgehead atoms. The molecule has 2 rings (SSSR count). The number of benzene rings is 1. The van der Waals surface area contributed by atoms with Crippen molar-refractivity contribution in [1.82, 2.24) is 4.90 Å². The number of nitrogens with two attached hydrogens (primary N) is 1. The minimum atomic E-state index is 0.263. The predicted octanol–water partition coefficient (Wildman–Crippen LogP) is 2.77. The first kappa shape index (κ1) is 13.8. The van der Waals surface area contributed by atoms with Gasteiger partial charge in [-0.3, -0.25) is 4.90 Å². The van der Waals surface area contributed by atoms with Crippen LogP contribution in [0.1, 0.15) is 31.2 Å². The second kappa shape index (κ2) is 6.55. The van der Waals surface area contributed by atoms with Crippen LogP contribution in [0.3, 0.4) is 0 Å². The minimum Gasteiger partial charge on any atom is -0.398 e. The van der Waals surface area contributed by atoms with E-state index in [1.54, 1.807) is 0 Å². The highest BCUT2D eigenvalue weighted by atomic mass is 79.9. The first-order chi connectivity index (χ1) is 8.70. The van der Waals surface area contributed by atoms with Gasteiger partial charge in [0.25, 0.3) is 0 Å². The molecule has 3 N–H and O–H groups in total. The Labute approximate surface area is 117 Å². The van der Waals surface area contributed by atoms with E-state index in [1.807, 2.05) is 12.1 Å². The van der Waals surface area contributed by atoms with Crippen molar-refractivity contribution < 1.29 is 5.11 Å². The van der Waals surface area contributed by atoms with Gasteiger partial charge in [0.05, 0.1) is 0 Å². The fourth-order valence-electron chi connectivity index (χ4n) is 2.34. The third kappa shape index (κ3) is 3.46. The molecule has 18 heavy (non-hydrogen) atoms. The Hall–Kier alpha value is -0.580. The molecular weight excluding hydrogens is 292 g/mol. The first-order valence-corrected chi connectivity index (χ1v) is 7.39. The second-order valence-corrected chi connectivity index (χ2v) is 5.89. The van der Waals surface area contributed by atoms with Gasteiger partial charge in [0.15, 0.2) is 0 Å². The van der Waals surface area contributed by atoms with Gasteiger partial charge in [-0.05, 0) is 37.0 Å². The lowest BCUT2D eigenvalue weighted by atomic mass is 9.91. The van der Waals surface area contributed by atoms with Crippen LogP contribution in [-0.2, 0) is 6.54 Å². The number of aliphatic hydroxyl groups is 1. The number of nitrogen functional groups attached to an aromatic ring is 1. The molecule has 100 valence electrons. The van der Waals surface area contributed by atoms with Crippen LogP contribution >= 0.6 is 15.9 Å². The summed E-state index contributed by atoms with van der Waals surface area (Å²) in [6.07, 6.45) is 4.73. The van der Waals surface area contributed by atoms with E-state index in [2.05, 4.69) is 26.9 Å². The van der Waals surface area contributed by atoms with Gasteiger partial charge in [-0.2, -0.15) is 0 Å². The molecule has 1 fully saturated rings. The fourth-order valence-corrected chi connectivity index (χ4v) is 2.72. The normalized spacial score (nSPS) is 15.9. The second-order valence-electron chi connectivity index (χ2n) is 4.98. The van der Waals surface area contributed by atoms with E-state index >= 15 is 0 Å². The highest BCUT2D eigenvalue weighted by molar-refractivity contribution is 9.10. The number of rotatable bonds is 6. The van der Waals surface area contributed by atoms with Gasteiger partial charge < -0.3 is 10.8 Å². The first-order valence-electron chi connectivity index (χ1n) is 6.59. The van der Waals surface area contributed by atoms with Crippen molar-refractivity contribution in [2.45, 2.75) is 38.3 Å². The van der Waals surface area contributed by atoms with E-state index in [1.165, 1.54) is 24.8 Å². The van der Waals surface area contributed by atoms with Crippen LogP contribution in [0, 0.1) is 0 Å². The van der Waals surface area contributed by atoms with Crippen LogP contribution in [0.5, 0.6) is 0 Å². The maximum atomic E-state index is 8.99. The summed E-state index contributed by atoms with van der Waals surface area (Å²) in [5, 5.41) is 8.99. The summed E-state index contributed by atoms with van der Waals surface area (Å²) in [4.78, 5) is 2.46. The average molecular weight is 313 g/mol. The van der Waals surface area contributed by atoms with Crippen molar-refractivity contribution in [2.24, 2.45) is 0 Å². The Morgan fingerprint density at radius 3 is 2.72 bits per heavy atom. The van der Waals surface area contributed by atoms with Crippen LogP contribution in [0.25, 0.3) is 0 Å². The summed E-state index contributed by atoms with van der Waals surface area (Å²) in [5.41, 5.74) is 8.08. The van der Waals surface area contributed by atoms with E-state index in [-0.39, 0.29) is 6.61 Å². The molecular formula is C14H21BrN2O. The van der Waals surface area contributed by atoms with Crippen LogP contribution in [0.4, 0.5) is 5.69 Å². The van der Waals surface area contributed by atoms with E-state index in [4.69, 9.17) is 10.8 Å². The number of hydrogen-bond acceptors (Lipinski definition) is 3. The van der Waals surface area contributed by atoms with Gasteiger partial charge >= 0.3 is 0 Å². The third-order valence-electron chi connectivity index (χ3n) is 3.68. The lowest BCUT2D eigenvalue weighted by molar-refractivity contribution is 0.109. The standard InChI is InChI=1S/C14H21BrN2O/c15-12-6-5-11(14(16)9-12)10-17(7-2-8-18)13-3-1-4-13/h5-6,9,13,18H,1-4,7-8,10,16H2. The summed E-state index contributed by atoms with van der Waals surface area (Å²) >= 11 is 3.43. The molecule has 0 aromatic heterocycles. The van der Waals surface area contributed by atoms with Crippen LogP contribution in [-0.4, -0.2) is 29.2 Å². The number of aliphatic hydroxyl groups excluding tert-OH is 1. The molecule has 0 radical (unpaired) electrons. The molecule has 0 amide bonds. The molecule has 3 nitrogen and oxygen atoms in total.